The van der Waals surface area contributed by atoms with Crippen molar-refractivity contribution in [2.75, 3.05) is 5.32 Å². The standard InChI is InChI=1S/C13H15N3O2/c1-2-16-8-7-10(15-16)9-14-12-6-4-3-5-11(12)13(17)18/h3-8,14H,2,9H2,1H3,(H,17,18). The Morgan fingerprint density at radius 2 is 2.17 bits per heavy atom. The van der Waals surface area contributed by atoms with Gasteiger partial charge in [0, 0.05) is 18.4 Å². The zero-order chi connectivity index (χ0) is 13.0. The topological polar surface area (TPSA) is 67.2 Å². The summed E-state index contributed by atoms with van der Waals surface area (Å²) >= 11 is 0. The van der Waals surface area contributed by atoms with E-state index in [9.17, 15) is 4.79 Å². The third kappa shape index (κ3) is 2.68. The molecule has 0 aliphatic rings. The van der Waals surface area contributed by atoms with Gasteiger partial charge in [0.1, 0.15) is 0 Å². The first kappa shape index (κ1) is 12.2. The molecule has 0 atom stereocenters. The third-order valence-electron chi connectivity index (χ3n) is 2.64. The molecule has 0 unspecified atom stereocenters. The first-order valence-corrected chi connectivity index (χ1v) is 5.79. The fourth-order valence-electron chi connectivity index (χ4n) is 1.68. The monoisotopic (exact) mass is 245 g/mol. The van der Waals surface area contributed by atoms with Gasteiger partial charge in [-0.15, -0.1) is 0 Å². The number of hydrogen-bond donors (Lipinski definition) is 2. The molecule has 0 aliphatic carbocycles. The maximum absolute atomic E-state index is 11.0. The molecule has 0 saturated heterocycles. The Kier molecular flexibility index (Phi) is 3.62. The fraction of sp³-hybridized carbons (Fsp3) is 0.231. The van der Waals surface area contributed by atoms with E-state index in [2.05, 4.69) is 10.4 Å². The highest BCUT2D eigenvalue weighted by Gasteiger charge is 2.08. The van der Waals surface area contributed by atoms with Crippen LogP contribution in [0, 0.1) is 0 Å². The molecule has 0 aliphatic heterocycles. The molecule has 0 spiro atoms. The van der Waals surface area contributed by atoms with Gasteiger partial charge in [-0.05, 0) is 25.1 Å². The number of carbonyl (C=O) groups is 1. The van der Waals surface area contributed by atoms with Crippen molar-refractivity contribution in [2.45, 2.75) is 20.0 Å². The minimum Gasteiger partial charge on any atom is -0.478 e. The lowest BCUT2D eigenvalue weighted by atomic mass is 10.2. The quantitative estimate of drug-likeness (QED) is 0.847. The number of nitrogens with zero attached hydrogens (tertiary/aromatic N) is 2. The Bertz CT molecular complexity index is 549. The van der Waals surface area contributed by atoms with Crippen LogP contribution in [-0.2, 0) is 13.1 Å². The molecule has 1 heterocycles. The molecule has 0 radical (unpaired) electrons. The van der Waals surface area contributed by atoms with Crippen LogP contribution in [0.15, 0.2) is 36.5 Å². The number of rotatable bonds is 5. The van der Waals surface area contributed by atoms with Crippen LogP contribution in [0.3, 0.4) is 0 Å². The molecule has 5 nitrogen and oxygen atoms in total. The first-order valence-electron chi connectivity index (χ1n) is 5.79. The van der Waals surface area contributed by atoms with E-state index in [1.807, 2.05) is 23.9 Å². The smallest absolute Gasteiger partial charge is 0.337 e. The normalized spacial score (nSPS) is 10.3. The van der Waals surface area contributed by atoms with E-state index >= 15 is 0 Å². The number of aryl methyl sites for hydroxylation is 1. The zero-order valence-corrected chi connectivity index (χ0v) is 10.1. The van der Waals surface area contributed by atoms with Crippen LogP contribution < -0.4 is 5.32 Å². The number of hydrogen-bond acceptors (Lipinski definition) is 3. The Morgan fingerprint density at radius 1 is 1.39 bits per heavy atom. The molecule has 0 bridgehead atoms. The molecule has 0 saturated carbocycles. The van der Waals surface area contributed by atoms with Crippen LogP contribution in [0.4, 0.5) is 5.69 Å². The van der Waals surface area contributed by atoms with E-state index < -0.39 is 5.97 Å². The highest BCUT2D eigenvalue weighted by Crippen LogP contribution is 2.15. The summed E-state index contributed by atoms with van der Waals surface area (Å²) in [5.41, 5.74) is 1.76. The Hall–Kier alpha value is -2.30. The maximum Gasteiger partial charge on any atom is 0.337 e. The minimum atomic E-state index is -0.933. The highest BCUT2D eigenvalue weighted by molar-refractivity contribution is 5.94. The van der Waals surface area contributed by atoms with Crippen molar-refractivity contribution >= 4 is 11.7 Å². The van der Waals surface area contributed by atoms with Gasteiger partial charge in [-0.25, -0.2) is 4.79 Å². The van der Waals surface area contributed by atoms with Crippen molar-refractivity contribution in [3.05, 3.63) is 47.8 Å². The van der Waals surface area contributed by atoms with Gasteiger partial charge in [-0.2, -0.15) is 5.10 Å². The van der Waals surface area contributed by atoms with E-state index in [1.54, 1.807) is 24.3 Å². The SMILES string of the molecule is CCn1ccc(CNc2ccccc2C(=O)O)n1. The van der Waals surface area contributed by atoms with Crippen LogP contribution in [0.1, 0.15) is 23.0 Å². The number of benzene rings is 1. The third-order valence-corrected chi connectivity index (χ3v) is 2.64. The molecule has 18 heavy (non-hydrogen) atoms. The molecule has 0 amide bonds. The van der Waals surface area contributed by atoms with Gasteiger partial charge >= 0.3 is 5.97 Å². The predicted molar refractivity (Wildman–Crippen MR) is 68.6 cm³/mol. The summed E-state index contributed by atoms with van der Waals surface area (Å²) in [6, 6.07) is 8.76. The van der Waals surface area contributed by atoms with Crippen molar-refractivity contribution in [2.24, 2.45) is 0 Å². The Morgan fingerprint density at radius 3 is 2.83 bits per heavy atom. The van der Waals surface area contributed by atoms with E-state index in [1.165, 1.54) is 0 Å². The number of anilines is 1. The summed E-state index contributed by atoms with van der Waals surface area (Å²) in [4.78, 5) is 11.0. The van der Waals surface area contributed by atoms with Gasteiger partial charge in [-0.1, -0.05) is 12.1 Å². The fourth-order valence-corrected chi connectivity index (χ4v) is 1.68. The van der Waals surface area contributed by atoms with Gasteiger partial charge in [0.15, 0.2) is 0 Å². The molecule has 1 aromatic carbocycles. The number of carboxylic acid groups (broad SMARTS) is 1. The van der Waals surface area contributed by atoms with Crippen molar-refractivity contribution in [1.82, 2.24) is 9.78 Å². The largest absolute Gasteiger partial charge is 0.478 e. The minimum absolute atomic E-state index is 0.271. The molecular formula is C13H15N3O2. The van der Waals surface area contributed by atoms with Crippen molar-refractivity contribution in [1.29, 1.82) is 0 Å². The Labute approximate surface area is 105 Å². The van der Waals surface area contributed by atoms with E-state index in [0.29, 0.717) is 12.2 Å². The number of para-hydroxylation sites is 1. The zero-order valence-electron chi connectivity index (χ0n) is 10.1. The lowest BCUT2D eigenvalue weighted by molar-refractivity contribution is 0.0698. The number of nitrogens with one attached hydrogen (secondary N) is 1. The molecule has 2 N–H and O–H groups in total. The van der Waals surface area contributed by atoms with E-state index in [-0.39, 0.29) is 5.56 Å². The summed E-state index contributed by atoms with van der Waals surface area (Å²) in [5.74, 6) is -0.933. The number of aromatic carboxylic acids is 1. The highest BCUT2D eigenvalue weighted by atomic mass is 16.4. The maximum atomic E-state index is 11.0. The second kappa shape index (κ2) is 5.35. The average Bonchev–Trinajstić information content (AvgIpc) is 2.84. The molecule has 1 aromatic heterocycles. The summed E-state index contributed by atoms with van der Waals surface area (Å²) in [6.45, 7) is 3.35. The van der Waals surface area contributed by atoms with E-state index in [0.717, 1.165) is 12.2 Å². The number of carboxylic acids is 1. The van der Waals surface area contributed by atoms with Gasteiger partial charge in [0.2, 0.25) is 0 Å². The van der Waals surface area contributed by atoms with Crippen LogP contribution in [0.5, 0.6) is 0 Å². The van der Waals surface area contributed by atoms with Crippen molar-refractivity contribution < 1.29 is 9.90 Å². The molecule has 2 aromatic rings. The molecular weight excluding hydrogens is 230 g/mol. The van der Waals surface area contributed by atoms with Gasteiger partial charge < -0.3 is 10.4 Å². The molecule has 94 valence electrons. The lowest BCUT2D eigenvalue weighted by Gasteiger charge is -2.07. The number of aromatic nitrogens is 2. The summed E-state index contributed by atoms with van der Waals surface area (Å²) in [5, 5.41) is 16.5. The van der Waals surface area contributed by atoms with Crippen LogP contribution in [0.2, 0.25) is 0 Å². The van der Waals surface area contributed by atoms with Crippen LogP contribution in [0.25, 0.3) is 0 Å². The summed E-state index contributed by atoms with van der Waals surface area (Å²) < 4.78 is 1.83. The lowest BCUT2D eigenvalue weighted by Crippen LogP contribution is -2.07. The Balaban J connectivity index is 2.08. The van der Waals surface area contributed by atoms with Crippen LogP contribution >= 0.6 is 0 Å². The second-order valence-corrected chi connectivity index (χ2v) is 3.87. The molecule has 2 rings (SSSR count). The first-order chi connectivity index (χ1) is 8.70. The van der Waals surface area contributed by atoms with Gasteiger partial charge in [0.25, 0.3) is 0 Å². The van der Waals surface area contributed by atoms with Crippen molar-refractivity contribution in [3.8, 4) is 0 Å². The summed E-state index contributed by atoms with van der Waals surface area (Å²) in [6.07, 6.45) is 1.90. The van der Waals surface area contributed by atoms with Crippen molar-refractivity contribution in [3.63, 3.8) is 0 Å². The average molecular weight is 245 g/mol. The van der Waals surface area contributed by atoms with E-state index in [4.69, 9.17) is 5.11 Å². The van der Waals surface area contributed by atoms with Crippen LogP contribution in [-0.4, -0.2) is 20.9 Å². The molecule has 5 heteroatoms. The predicted octanol–water partition coefficient (Wildman–Crippen LogP) is 2.21. The summed E-state index contributed by atoms with van der Waals surface area (Å²) in [7, 11) is 0. The second-order valence-electron chi connectivity index (χ2n) is 3.87. The van der Waals surface area contributed by atoms with Gasteiger partial charge in [0.05, 0.1) is 17.8 Å². The molecule has 0 fully saturated rings. The van der Waals surface area contributed by atoms with Gasteiger partial charge in [-0.3, -0.25) is 4.68 Å².